The molecule has 0 unspecified atom stereocenters. The zero-order valence-electron chi connectivity index (χ0n) is 12.0. The molecule has 3 nitrogen and oxygen atoms in total. The summed E-state index contributed by atoms with van der Waals surface area (Å²) in [5, 5.41) is 11.0. The number of rotatable bonds is 6. The van der Waals surface area contributed by atoms with Gasteiger partial charge in [0, 0.05) is 0 Å². The summed E-state index contributed by atoms with van der Waals surface area (Å²) < 4.78 is 0. The molecule has 0 saturated heterocycles. The monoisotopic (exact) mass is 273 g/mol. The Morgan fingerprint density at radius 3 is 2.75 bits per heavy atom. The molecule has 1 amide bonds. The number of hydrogen-bond donors (Lipinski definition) is 1. The van der Waals surface area contributed by atoms with Crippen molar-refractivity contribution in [3.05, 3.63) is 48.0 Å². The van der Waals surface area contributed by atoms with Gasteiger partial charge in [0.15, 0.2) is 0 Å². The van der Waals surface area contributed by atoms with E-state index in [9.17, 15) is 10.0 Å². The quantitative estimate of drug-likeness (QED) is 0.489. The minimum atomic E-state index is -0.234. The lowest BCUT2D eigenvalue weighted by molar-refractivity contribution is -0.171. The van der Waals surface area contributed by atoms with E-state index in [1.54, 1.807) is 0 Å². The number of nitrogens with zero attached hydrogens (tertiary/aromatic N) is 1. The van der Waals surface area contributed by atoms with Crippen molar-refractivity contribution in [2.45, 2.75) is 45.1 Å². The lowest BCUT2D eigenvalue weighted by Gasteiger charge is -2.22. The van der Waals surface area contributed by atoms with Crippen LogP contribution in [0.25, 0.3) is 0 Å². The van der Waals surface area contributed by atoms with Gasteiger partial charge < -0.3 is 0 Å². The lowest BCUT2D eigenvalue weighted by Crippen LogP contribution is -2.36. The van der Waals surface area contributed by atoms with E-state index in [4.69, 9.17) is 0 Å². The third-order valence-corrected chi connectivity index (χ3v) is 3.85. The summed E-state index contributed by atoms with van der Waals surface area (Å²) in [5.74, 6) is 0.265. The molecule has 2 rings (SSSR count). The van der Waals surface area contributed by atoms with E-state index in [0.29, 0.717) is 5.92 Å². The Hall–Kier alpha value is -1.61. The van der Waals surface area contributed by atoms with E-state index in [1.807, 2.05) is 36.4 Å². The summed E-state index contributed by atoms with van der Waals surface area (Å²) in [7, 11) is 0. The van der Waals surface area contributed by atoms with Crippen LogP contribution in [-0.2, 0) is 11.2 Å². The summed E-state index contributed by atoms with van der Waals surface area (Å²) in [6.45, 7) is 2.18. The van der Waals surface area contributed by atoms with Crippen LogP contribution in [0.4, 0.5) is 0 Å². The maximum atomic E-state index is 12.1. The second-order valence-electron chi connectivity index (χ2n) is 5.49. The van der Waals surface area contributed by atoms with E-state index in [0.717, 1.165) is 23.5 Å². The highest BCUT2D eigenvalue weighted by Gasteiger charge is 2.26. The van der Waals surface area contributed by atoms with E-state index in [1.165, 1.54) is 12.8 Å². The van der Waals surface area contributed by atoms with Gasteiger partial charge in [-0.15, -0.1) is 0 Å². The van der Waals surface area contributed by atoms with Crippen LogP contribution in [0.5, 0.6) is 0 Å². The molecule has 0 aliphatic heterocycles. The second kappa shape index (κ2) is 7.25. The van der Waals surface area contributed by atoms with Crippen LogP contribution in [0.3, 0.4) is 0 Å². The third kappa shape index (κ3) is 3.94. The maximum Gasteiger partial charge on any atom is 0.250 e. The van der Waals surface area contributed by atoms with E-state index < -0.39 is 0 Å². The number of amides is 1. The topological polar surface area (TPSA) is 40.5 Å². The Balaban J connectivity index is 1.84. The van der Waals surface area contributed by atoms with E-state index >= 15 is 0 Å². The van der Waals surface area contributed by atoms with Crippen LogP contribution in [0, 0.1) is 5.92 Å². The van der Waals surface area contributed by atoms with Crippen molar-refractivity contribution in [2.24, 2.45) is 5.92 Å². The number of unbranched alkanes of at least 4 members (excludes halogenated alkanes) is 1. The van der Waals surface area contributed by atoms with Crippen molar-refractivity contribution >= 4 is 5.91 Å². The molecule has 0 spiro atoms. The first kappa shape index (κ1) is 14.8. The Morgan fingerprint density at radius 2 is 2.05 bits per heavy atom. The first-order chi connectivity index (χ1) is 9.70. The van der Waals surface area contributed by atoms with Crippen molar-refractivity contribution in [1.82, 2.24) is 5.06 Å². The number of hydrogen-bond acceptors (Lipinski definition) is 2. The highest BCUT2D eigenvalue weighted by molar-refractivity contribution is 5.78. The molecule has 20 heavy (non-hydrogen) atoms. The fourth-order valence-electron chi connectivity index (χ4n) is 2.65. The van der Waals surface area contributed by atoms with Gasteiger partial charge in [0.05, 0.1) is 12.5 Å². The molecule has 0 aromatic heterocycles. The standard InChI is InChI=1S/C17H23NO2/c1-2-3-7-15-10-11-16(12-15)18(20)17(19)13-14-8-5-4-6-9-14/h4-6,8-11,15-16,20H,2-3,7,12-13H2,1H3/t15-,16+/m1/s1. The van der Waals surface area contributed by atoms with Crippen LogP contribution in [-0.4, -0.2) is 22.2 Å². The van der Waals surface area contributed by atoms with E-state index in [2.05, 4.69) is 13.0 Å². The molecular weight excluding hydrogens is 250 g/mol. The van der Waals surface area contributed by atoms with E-state index in [-0.39, 0.29) is 18.4 Å². The Bertz CT molecular complexity index is 455. The number of benzene rings is 1. The van der Waals surface area contributed by atoms with Crippen molar-refractivity contribution in [3.8, 4) is 0 Å². The maximum absolute atomic E-state index is 12.1. The van der Waals surface area contributed by atoms with Crippen molar-refractivity contribution in [1.29, 1.82) is 0 Å². The lowest BCUT2D eigenvalue weighted by atomic mass is 10.0. The molecule has 2 atom stereocenters. The van der Waals surface area contributed by atoms with Gasteiger partial charge in [-0.1, -0.05) is 62.2 Å². The number of carbonyl (C=O) groups is 1. The fourth-order valence-corrected chi connectivity index (χ4v) is 2.65. The van der Waals surface area contributed by atoms with Gasteiger partial charge in [-0.2, -0.15) is 0 Å². The van der Waals surface area contributed by atoms with Gasteiger partial charge in [-0.25, -0.2) is 5.06 Å². The van der Waals surface area contributed by atoms with Crippen molar-refractivity contribution in [3.63, 3.8) is 0 Å². The molecule has 1 aromatic rings. The Morgan fingerprint density at radius 1 is 1.30 bits per heavy atom. The number of allylic oxidation sites excluding steroid dienone is 1. The molecule has 1 aliphatic rings. The largest absolute Gasteiger partial charge is 0.285 e. The molecule has 0 radical (unpaired) electrons. The zero-order valence-corrected chi connectivity index (χ0v) is 12.0. The summed E-state index contributed by atoms with van der Waals surface area (Å²) >= 11 is 0. The smallest absolute Gasteiger partial charge is 0.250 e. The molecule has 0 heterocycles. The van der Waals surface area contributed by atoms with Gasteiger partial charge in [0.25, 0.3) is 5.91 Å². The van der Waals surface area contributed by atoms with Gasteiger partial charge in [-0.05, 0) is 24.3 Å². The SMILES string of the molecule is CCCC[C@@H]1C=C[C@H](N(O)C(=O)Cc2ccccc2)C1. The summed E-state index contributed by atoms with van der Waals surface area (Å²) in [6, 6.07) is 9.37. The van der Waals surface area contributed by atoms with Crippen LogP contribution < -0.4 is 0 Å². The van der Waals surface area contributed by atoms with Crippen LogP contribution in [0.1, 0.15) is 38.2 Å². The average Bonchev–Trinajstić information content (AvgIpc) is 2.94. The number of hydroxylamine groups is 2. The van der Waals surface area contributed by atoms with Crippen LogP contribution >= 0.6 is 0 Å². The van der Waals surface area contributed by atoms with Crippen LogP contribution in [0.2, 0.25) is 0 Å². The number of carbonyl (C=O) groups excluding carboxylic acids is 1. The first-order valence-electron chi connectivity index (χ1n) is 7.44. The summed E-state index contributed by atoms with van der Waals surface area (Å²) in [5.41, 5.74) is 0.932. The molecule has 0 fully saturated rings. The Labute approximate surface area is 120 Å². The third-order valence-electron chi connectivity index (χ3n) is 3.85. The molecule has 1 aliphatic carbocycles. The highest BCUT2D eigenvalue weighted by atomic mass is 16.5. The predicted octanol–water partition coefficient (Wildman–Crippen LogP) is 3.58. The van der Waals surface area contributed by atoms with Crippen LogP contribution in [0.15, 0.2) is 42.5 Å². The van der Waals surface area contributed by atoms with Crippen molar-refractivity contribution in [2.75, 3.05) is 0 Å². The molecule has 0 saturated carbocycles. The van der Waals surface area contributed by atoms with Gasteiger partial charge in [0.1, 0.15) is 0 Å². The molecule has 108 valence electrons. The molecule has 0 bridgehead atoms. The molecular formula is C17H23NO2. The summed E-state index contributed by atoms with van der Waals surface area (Å²) in [4.78, 5) is 12.1. The second-order valence-corrected chi connectivity index (χ2v) is 5.49. The van der Waals surface area contributed by atoms with Gasteiger partial charge >= 0.3 is 0 Å². The van der Waals surface area contributed by atoms with Gasteiger partial charge in [0.2, 0.25) is 0 Å². The molecule has 1 aromatic carbocycles. The predicted molar refractivity (Wildman–Crippen MR) is 79.3 cm³/mol. The highest BCUT2D eigenvalue weighted by Crippen LogP contribution is 2.26. The minimum absolute atomic E-state index is 0.159. The molecule has 3 heteroatoms. The van der Waals surface area contributed by atoms with Crippen molar-refractivity contribution < 1.29 is 10.0 Å². The normalized spacial score (nSPS) is 21.1. The fraction of sp³-hybridized carbons (Fsp3) is 0.471. The molecule has 1 N–H and O–H groups in total. The summed E-state index contributed by atoms with van der Waals surface area (Å²) in [6.07, 6.45) is 8.72. The average molecular weight is 273 g/mol. The minimum Gasteiger partial charge on any atom is -0.285 e. The Kier molecular flexibility index (Phi) is 5.36. The zero-order chi connectivity index (χ0) is 14.4. The first-order valence-corrected chi connectivity index (χ1v) is 7.44. The van der Waals surface area contributed by atoms with Gasteiger partial charge in [-0.3, -0.25) is 10.0 Å².